The molecule has 2 aliphatic rings. The lowest BCUT2D eigenvalue weighted by Crippen LogP contribution is -2.37. The first-order valence-electron chi connectivity index (χ1n) is 9.41. The highest BCUT2D eigenvalue weighted by atomic mass is 35.5. The predicted molar refractivity (Wildman–Crippen MR) is 111 cm³/mol. The molecule has 9 heteroatoms. The quantitative estimate of drug-likeness (QED) is 0.467. The number of nitrogens with zero attached hydrogens (tertiary/aromatic N) is 1. The average Bonchev–Trinajstić information content (AvgIpc) is 3.01. The summed E-state index contributed by atoms with van der Waals surface area (Å²) in [5.74, 6) is -2.61. The minimum Gasteiger partial charge on any atom is -0.478 e. The van der Waals surface area contributed by atoms with Gasteiger partial charge in [0.15, 0.2) is 0 Å². The topological polar surface area (TPSA) is 57.6 Å². The highest BCUT2D eigenvalue weighted by Gasteiger charge is 2.40. The number of rotatable bonds is 3. The van der Waals surface area contributed by atoms with E-state index in [2.05, 4.69) is 0 Å². The largest absolute Gasteiger partial charge is 0.478 e. The van der Waals surface area contributed by atoms with Crippen LogP contribution in [0.5, 0.6) is 0 Å². The standard InChI is InChI=1S/C23H14ClF4NO3/c24-17-4-1-3-16(23(26,27)28)14(17)11-15-20-18(25)5-2-6-19(20)29(21(15)30)13-9-7-12(8-10-13)22(31)32/h1-9,11,13H,10H2,(H,31,32)/b15-11+. The number of anilines is 1. The van der Waals surface area contributed by atoms with Gasteiger partial charge in [-0.2, -0.15) is 13.2 Å². The Morgan fingerprint density at radius 3 is 2.53 bits per heavy atom. The van der Waals surface area contributed by atoms with Gasteiger partial charge in [0.25, 0.3) is 5.91 Å². The van der Waals surface area contributed by atoms with Crippen molar-refractivity contribution in [3.63, 3.8) is 0 Å². The summed E-state index contributed by atoms with van der Waals surface area (Å²) in [7, 11) is 0. The molecule has 2 aromatic rings. The van der Waals surface area contributed by atoms with Crippen LogP contribution in [-0.4, -0.2) is 23.0 Å². The summed E-state index contributed by atoms with van der Waals surface area (Å²) in [5, 5.41) is 8.86. The Labute approximate surface area is 184 Å². The fourth-order valence-electron chi connectivity index (χ4n) is 3.82. The molecule has 32 heavy (non-hydrogen) atoms. The maximum atomic E-state index is 14.8. The molecule has 0 bridgehead atoms. The maximum Gasteiger partial charge on any atom is 0.417 e. The number of halogens is 5. The zero-order valence-electron chi connectivity index (χ0n) is 16.2. The van der Waals surface area contributed by atoms with Gasteiger partial charge in [0.05, 0.1) is 28.4 Å². The second-order valence-electron chi connectivity index (χ2n) is 7.19. The van der Waals surface area contributed by atoms with E-state index in [9.17, 15) is 27.2 Å². The number of hydrogen-bond donors (Lipinski definition) is 1. The van der Waals surface area contributed by atoms with E-state index >= 15 is 0 Å². The van der Waals surface area contributed by atoms with E-state index in [0.29, 0.717) is 0 Å². The van der Waals surface area contributed by atoms with Gasteiger partial charge >= 0.3 is 12.1 Å². The summed E-state index contributed by atoms with van der Waals surface area (Å²) in [5.41, 5.74) is -1.65. The van der Waals surface area contributed by atoms with Crippen LogP contribution in [0.25, 0.3) is 11.6 Å². The lowest BCUT2D eigenvalue weighted by Gasteiger charge is -2.27. The first kappa shape index (κ1) is 21.8. The maximum absolute atomic E-state index is 14.8. The van der Waals surface area contributed by atoms with Crippen LogP contribution in [0.4, 0.5) is 23.2 Å². The number of carbonyl (C=O) groups is 2. The van der Waals surface area contributed by atoms with Crippen molar-refractivity contribution in [1.29, 1.82) is 0 Å². The van der Waals surface area contributed by atoms with Gasteiger partial charge in [-0.3, -0.25) is 4.79 Å². The van der Waals surface area contributed by atoms with Crippen molar-refractivity contribution in [3.8, 4) is 0 Å². The molecule has 1 aliphatic heterocycles. The zero-order chi connectivity index (χ0) is 23.2. The zero-order valence-corrected chi connectivity index (χ0v) is 16.9. The molecular formula is C23H14ClF4NO3. The Hall–Kier alpha value is -3.39. The van der Waals surface area contributed by atoms with Crippen molar-refractivity contribution in [3.05, 3.63) is 87.7 Å². The third kappa shape index (κ3) is 3.71. The number of carboxylic acid groups (broad SMARTS) is 1. The molecule has 1 heterocycles. The summed E-state index contributed by atoms with van der Waals surface area (Å²) in [6.07, 6.45) is 0.626. The van der Waals surface area contributed by atoms with E-state index in [1.165, 1.54) is 41.3 Å². The molecule has 4 nitrogen and oxygen atoms in total. The molecule has 0 fully saturated rings. The molecule has 1 atom stereocenters. The number of aliphatic carboxylic acids is 1. The van der Waals surface area contributed by atoms with Crippen molar-refractivity contribution in [2.45, 2.75) is 18.6 Å². The number of alkyl halides is 3. The second-order valence-corrected chi connectivity index (χ2v) is 7.60. The van der Waals surface area contributed by atoms with Gasteiger partial charge in [-0.1, -0.05) is 35.9 Å². The lowest BCUT2D eigenvalue weighted by molar-refractivity contribution is -0.137. The van der Waals surface area contributed by atoms with Crippen LogP contribution in [0.3, 0.4) is 0 Å². The van der Waals surface area contributed by atoms with Crippen LogP contribution in [-0.2, 0) is 15.8 Å². The Kier molecular flexibility index (Phi) is 5.42. The van der Waals surface area contributed by atoms with Gasteiger partial charge in [0, 0.05) is 16.1 Å². The smallest absolute Gasteiger partial charge is 0.417 e. The van der Waals surface area contributed by atoms with Crippen LogP contribution >= 0.6 is 11.6 Å². The third-order valence-electron chi connectivity index (χ3n) is 5.27. The molecular weight excluding hydrogens is 450 g/mol. The van der Waals surface area contributed by atoms with Crippen LogP contribution in [0.2, 0.25) is 5.02 Å². The normalized spacial score (nSPS) is 19.3. The molecule has 164 valence electrons. The van der Waals surface area contributed by atoms with Gasteiger partial charge in [-0.25, -0.2) is 9.18 Å². The van der Waals surface area contributed by atoms with Gasteiger partial charge in [0.2, 0.25) is 0 Å². The second kappa shape index (κ2) is 7.94. The molecule has 2 aromatic carbocycles. The van der Waals surface area contributed by atoms with Crippen molar-refractivity contribution >= 4 is 40.8 Å². The Morgan fingerprint density at radius 1 is 1.19 bits per heavy atom. The van der Waals surface area contributed by atoms with E-state index in [4.69, 9.17) is 16.7 Å². The number of amides is 1. The van der Waals surface area contributed by atoms with Crippen LogP contribution in [0.1, 0.15) is 23.1 Å². The number of carbonyl (C=O) groups excluding carboxylic acids is 1. The molecule has 4 rings (SSSR count). The van der Waals surface area contributed by atoms with E-state index < -0.39 is 41.0 Å². The Morgan fingerprint density at radius 2 is 1.91 bits per heavy atom. The van der Waals surface area contributed by atoms with E-state index in [1.807, 2.05) is 0 Å². The monoisotopic (exact) mass is 463 g/mol. The summed E-state index contributed by atoms with van der Waals surface area (Å²) >= 11 is 6.02. The lowest BCUT2D eigenvalue weighted by atomic mass is 10.00. The molecule has 0 saturated heterocycles. The molecule has 0 spiro atoms. The van der Waals surface area contributed by atoms with Crippen LogP contribution in [0, 0.1) is 5.82 Å². The van der Waals surface area contributed by atoms with E-state index in [1.54, 1.807) is 0 Å². The SMILES string of the molecule is O=C(O)C1=CCC(N2C(=O)/C(=C/c3c(Cl)cccc3C(F)(F)F)c3c(F)cccc32)C=C1. The molecule has 1 aliphatic carbocycles. The third-order valence-corrected chi connectivity index (χ3v) is 5.60. The van der Waals surface area contributed by atoms with Crippen LogP contribution < -0.4 is 4.90 Å². The molecule has 0 radical (unpaired) electrons. The summed E-state index contributed by atoms with van der Waals surface area (Å²) in [6, 6.07) is 6.58. The van der Waals surface area contributed by atoms with Crippen molar-refractivity contribution in [2.75, 3.05) is 4.90 Å². The predicted octanol–water partition coefficient (Wildman–Crippen LogP) is 5.72. The number of hydrogen-bond acceptors (Lipinski definition) is 2. The minimum atomic E-state index is -4.74. The Bertz CT molecular complexity index is 1230. The molecule has 0 aromatic heterocycles. The van der Waals surface area contributed by atoms with Crippen LogP contribution in [0.15, 0.2) is 60.2 Å². The minimum absolute atomic E-state index is 0.0500. The van der Waals surface area contributed by atoms with Gasteiger partial charge in [0.1, 0.15) is 5.82 Å². The first-order chi connectivity index (χ1) is 15.1. The Balaban J connectivity index is 1.85. The van der Waals surface area contributed by atoms with E-state index in [0.717, 1.165) is 24.3 Å². The van der Waals surface area contributed by atoms with E-state index in [-0.39, 0.29) is 33.8 Å². The molecule has 1 unspecified atom stereocenters. The fraction of sp³-hybridized carbons (Fsp3) is 0.130. The summed E-state index contributed by atoms with van der Waals surface area (Å²) < 4.78 is 55.3. The highest BCUT2D eigenvalue weighted by molar-refractivity contribution is 6.38. The molecule has 0 saturated carbocycles. The van der Waals surface area contributed by atoms with Crippen molar-refractivity contribution in [2.24, 2.45) is 0 Å². The van der Waals surface area contributed by atoms with Crippen molar-refractivity contribution < 1.29 is 32.3 Å². The fourth-order valence-corrected chi connectivity index (χ4v) is 4.05. The average molecular weight is 464 g/mol. The van der Waals surface area contributed by atoms with Crippen molar-refractivity contribution in [1.82, 2.24) is 0 Å². The first-order valence-corrected chi connectivity index (χ1v) is 9.79. The number of carboxylic acids is 1. The summed E-state index contributed by atoms with van der Waals surface area (Å²) in [4.78, 5) is 25.7. The van der Waals surface area contributed by atoms with Gasteiger partial charge < -0.3 is 10.0 Å². The highest BCUT2D eigenvalue weighted by Crippen LogP contribution is 2.44. The number of fused-ring (bicyclic) bond motifs is 1. The molecule has 1 N–H and O–H groups in total. The van der Waals surface area contributed by atoms with Gasteiger partial charge in [-0.05, 0) is 42.8 Å². The van der Waals surface area contributed by atoms with Gasteiger partial charge in [-0.15, -0.1) is 0 Å². The molecule has 1 amide bonds. The summed E-state index contributed by atoms with van der Waals surface area (Å²) in [6.45, 7) is 0. The number of benzene rings is 2.